The molecule has 84 valence electrons. The molecule has 0 saturated carbocycles. The monoisotopic (exact) mass is 216 g/mol. The van der Waals surface area contributed by atoms with Gasteiger partial charge in [0, 0.05) is 17.3 Å². The van der Waals surface area contributed by atoms with Crippen LogP contribution in [0.1, 0.15) is 20.8 Å². The molecule has 3 nitrogen and oxygen atoms in total. The maximum atomic E-state index is 5.87. The van der Waals surface area contributed by atoms with Gasteiger partial charge in [-0.3, -0.25) is 4.98 Å². The van der Waals surface area contributed by atoms with Crippen molar-refractivity contribution in [1.29, 1.82) is 0 Å². The lowest BCUT2D eigenvalue weighted by Gasteiger charge is -2.22. The van der Waals surface area contributed by atoms with E-state index < -0.39 is 0 Å². The second-order valence-corrected chi connectivity index (χ2v) is 4.80. The zero-order valence-corrected chi connectivity index (χ0v) is 9.82. The van der Waals surface area contributed by atoms with E-state index in [0.29, 0.717) is 5.69 Å². The molecule has 0 unspecified atom stereocenters. The maximum absolute atomic E-state index is 5.87. The van der Waals surface area contributed by atoms with Crippen molar-refractivity contribution in [1.82, 2.24) is 4.98 Å². The predicted molar refractivity (Wildman–Crippen MR) is 66.5 cm³/mol. The van der Waals surface area contributed by atoms with Gasteiger partial charge in [0.05, 0.1) is 5.52 Å². The van der Waals surface area contributed by atoms with Gasteiger partial charge in [0.2, 0.25) is 0 Å². The van der Waals surface area contributed by atoms with Crippen molar-refractivity contribution in [3.05, 3.63) is 30.5 Å². The van der Waals surface area contributed by atoms with Gasteiger partial charge in [-0.1, -0.05) is 0 Å². The van der Waals surface area contributed by atoms with Crippen LogP contribution in [0.25, 0.3) is 10.9 Å². The van der Waals surface area contributed by atoms with Crippen LogP contribution < -0.4 is 10.5 Å². The van der Waals surface area contributed by atoms with Crippen molar-refractivity contribution in [2.24, 2.45) is 0 Å². The van der Waals surface area contributed by atoms with Gasteiger partial charge in [-0.2, -0.15) is 0 Å². The van der Waals surface area contributed by atoms with E-state index in [1.165, 1.54) is 0 Å². The molecule has 1 aromatic carbocycles. The minimum absolute atomic E-state index is 0.213. The first-order chi connectivity index (χ1) is 7.46. The summed E-state index contributed by atoms with van der Waals surface area (Å²) in [6.07, 6.45) is 1.74. The SMILES string of the molecule is CC(C)(C)Oc1ccnc2cc(N)ccc12. The van der Waals surface area contributed by atoms with Crippen LogP contribution in [-0.4, -0.2) is 10.6 Å². The first-order valence-corrected chi connectivity index (χ1v) is 5.29. The van der Waals surface area contributed by atoms with Gasteiger partial charge >= 0.3 is 0 Å². The largest absolute Gasteiger partial charge is 0.487 e. The fourth-order valence-electron chi connectivity index (χ4n) is 1.56. The number of benzene rings is 1. The molecule has 1 aromatic heterocycles. The smallest absolute Gasteiger partial charge is 0.131 e. The van der Waals surface area contributed by atoms with Gasteiger partial charge < -0.3 is 10.5 Å². The molecule has 0 aliphatic rings. The molecule has 2 aromatic rings. The van der Waals surface area contributed by atoms with Crippen LogP contribution in [0.2, 0.25) is 0 Å². The second-order valence-electron chi connectivity index (χ2n) is 4.80. The number of nitrogen functional groups attached to an aromatic ring is 1. The van der Waals surface area contributed by atoms with Gasteiger partial charge in [-0.15, -0.1) is 0 Å². The normalized spacial score (nSPS) is 11.7. The third-order valence-corrected chi connectivity index (χ3v) is 2.14. The summed E-state index contributed by atoms with van der Waals surface area (Å²) in [5.41, 5.74) is 7.09. The van der Waals surface area contributed by atoms with Crippen molar-refractivity contribution in [2.75, 3.05) is 5.73 Å². The zero-order valence-electron chi connectivity index (χ0n) is 9.82. The number of nitrogens with two attached hydrogens (primary N) is 1. The minimum atomic E-state index is -0.213. The Balaban J connectivity index is 2.54. The molecule has 0 aliphatic carbocycles. The summed E-state index contributed by atoms with van der Waals surface area (Å²) in [6, 6.07) is 7.53. The number of hydrogen-bond acceptors (Lipinski definition) is 3. The van der Waals surface area contributed by atoms with Gasteiger partial charge in [-0.05, 0) is 45.0 Å². The molecule has 0 bridgehead atoms. The van der Waals surface area contributed by atoms with Crippen molar-refractivity contribution in [2.45, 2.75) is 26.4 Å². The van der Waals surface area contributed by atoms with E-state index in [1.54, 1.807) is 6.20 Å². The summed E-state index contributed by atoms with van der Waals surface area (Å²) in [7, 11) is 0. The van der Waals surface area contributed by atoms with E-state index in [0.717, 1.165) is 16.7 Å². The number of ether oxygens (including phenoxy) is 1. The van der Waals surface area contributed by atoms with E-state index in [4.69, 9.17) is 10.5 Å². The number of pyridine rings is 1. The Hall–Kier alpha value is -1.77. The van der Waals surface area contributed by atoms with E-state index in [9.17, 15) is 0 Å². The summed E-state index contributed by atoms with van der Waals surface area (Å²) in [5.74, 6) is 0.845. The summed E-state index contributed by atoms with van der Waals surface area (Å²) < 4.78 is 5.87. The van der Waals surface area contributed by atoms with Crippen LogP contribution in [0.15, 0.2) is 30.5 Å². The highest BCUT2D eigenvalue weighted by Gasteiger charge is 2.13. The Morgan fingerprint density at radius 2 is 1.94 bits per heavy atom. The van der Waals surface area contributed by atoms with Crippen LogP contribution in [0.4, 0.5) is 5.69 Å². The lowest BCUT2D eigenvalue weighted by Crippen LogP contribution is -2.23. The molecular weight excluding hydrogens is 200 g/mol. The van der Waals surface area contributed by atoms with Crippen molar-refractivity contribution in [3.63, 3.8) is 0 Å². The molecule has 0 saturated heterocycles. The molecule has 1 heterocycles. The summed E-state index contributed by atoms with van der Waals surface area (Å²) in [4.78, 5) is 4.27. The molecule has 0 amide bonds. The molecule has 3 heteroatoms. The van der Waals surface area contributed by atoms with Crippen LogP contribution >= 0.6 is 0 Å². The zero-order chi connectivity index (χ0) is 11.8. The third kappa shape index (κ3) is 2.24. The van der Waals surface area contributed by atoms with Crippen LogP contribution in [0, 0.1) is 0 Å². The highest BCUT2D eigenvalue weighted by Crippen LogP contribution is 2.28. The number of anilines is 1. The number of nitrogens with zero attached hydrogens (tertiary/aromatic N) is 1. The number of rotatable bonds is 1. The highest BCUT2D eigenvalue weighted by molar-refractivity contribution is 5.87. The first kappa shape index (κ1) is 10.7. The Kier molecular flexibility index (Phi) is 2.46. The number of hydrogen-bond donors (Lipinski definition) is 1. The standard InChI is InChI=1S/C13H16N2O/c1-13(2,3)16-12-6-7-15-11-8-9(14)4-5-10(11)12/h4-8H,14H2,1-3H3. The summed E-state index contributed by atoms with van der Waals surface area (Å²) in [5, 5.41) is 0.992. The van der Waals surface area contributed by atoms with E-state index in [-0.39, 0.29) is 5.60 Å². The fraction of sp³-hybridized carbons (Fsp3) is 0.308. The van der Waals surface area contributed by atoms with Crippen molar-refractivity contribution >= 4 is 16.6 Å². The Labute approximate surface area is 95.2 Å². The van der Waals surface area contributed by atoms with Gasteiger partial charge in [0.15, 0.2) is 0 Å². The topological polar surface area (TPSA) is 48.1 Å². The van der Waals surface area contributed by atoms with Crippen LogP contribution in [0.3, 0.4) is 0 Å². The van der Waals surface area contributed by atoms with E-state index in [2.05, 4.69) is 4.98 Å². The maximum Gasteiger partial charge on any atom is 0.131 e. The van der Waals surface area contributed by atoms with Crippen LogP contribution in [0.5, 0.6) is 5.75 Å². The van der Waals surface area contributed by atoms with Gasteiger partial charge in [0.25, 0.3) is 0 Å². The van der Waals surface area contributed by atoms with Crippen molar-refractivity contribution in [3.8, 4) is 5.75 Å². The van der Waals surface area contributed by atoms with Crippen molar-refractivity contribution < 1.29 is 4.74 Å². The molecule has 0 radical (unpaired) electrons. The molecular formula is C13H16N2O. The Morgan fingerprint density at radius 3 is 2.62 bits per heavy atom. The first-order valence-electron chi connectivity index (χ1n) is 5.29. The number of aromatic nitrogens is 1. The Bertz CT molecular complexity index is 515. The van der Waals surface area contributed by atoms with E-state index >= 15 is 0 Å². The lowest BCUT2D eigenvalue weighted by molar-refractivity contribution is 0.133. The van der Waals surface area contributed by atoms with Gasteiger partial charge in [0.1, 0.15) is 11.4 Å². The Morgan fingerprint density at radius 1 is 1.19 bits per heavy atom. The average Bonchev–Trinajstić information content (AvgIpc) is 2.15. The quantitative estimate of drug-likeness (QED) is 0.745. The second kappa shape index (κ2) is 3.67. The molecule has 2 rings (SSSR count). The molecule has 0 atom stereocenters. The van der Waals surface area contributed by atoms with Crippen LogP contribution in [-0.2, 0) is 0 Å². The fourth-order valence-corrected chi connectivity index (χ4v) is 1.56. The number of fused-ring (bicyclic) bond motifs is 1. The average molecular weight is 216 g/mol. The highest BCUT2D eigenvalue weighted by atomic mass is 16.5. The molecule has 0 fully saturated rings. The predicted octanol–water partition coefficient (Wildman–Crippen LogP) is 2.99. The lowest BCUT2D eigenvalue weighted by atomic mass is 10.1. The molecule has 0 aliphatic heterocycles. The molecule has 2 N–H and O–H groups in total. The van der Waals surface area contributed by atoms with E-state index in [1.807, 2.05) is 45.0 Å². The third-order valence-electron chi connectivity index (χ3n) is 2.14. The minimum Gasteiger partial charge on any atom is -0.487 e. The molecule has 0 spiro atoms. The van der Waals surface area contributed by atoms with Gasteiger partial charge in [-0.25, -0.2) is 0 Å². The summed E-state index contributed by atoms with van der Waals surface area (Å²) in [6.45, 7) is 6.07. The summed E-state index contributed by atoms with van der Waals surface area (Å²) >= 11 is 0. The molecule has 16 heavy (non-hydrogen) atoms.